The average Bonchev–Trinajstić information content (AvgIpc) is 2.16. The minimum absolute atomic E-state index is 0.306. The van der Waals surface area contributed by atoms with Crippen molar-refractivity contribution in [3.05, 3.63) is 33.3 Å². The maximum Gasteiger partial charge on any atom is 0.102 e. The Labute approximate surface area is 103 Å². The molecule has 1 rings (SSSR count). The summed E-state index contributed by atoms with van der Waals surface area (Å²) in [5.74, 6) is 0. The summed E-state index contributed by atoms with van der Waals surface area (Å²) in [7, 11) is 0. The van der Waals surface area contributed by atoms with E-state index in [1.165, 1.54) is 0 Å². The molecular weight excluding hydrogens is 279 g/mol. The van der Waals surface area contributed by atoms with Gasteiger partial charge in [-0.15, -0.1) is 0 Å². The van der Waals surface area contributed by atoms with Crippen LogP contribution in [-0.4, -0.2) is 18.3 Å². The number of halogens is 2. The molecule has 0 saturated heterocycles. The minimum Gasteiger partial charge on any atom is -0.386 e. The van der Waals surface area contributed by atoms with Crippen molar-refractivity contribution in [1.82, 2.24) is 0 Å². The Hall–Kier alpha value is -0.0900. The second-order valence-corrected chi connectivity index (χ2v) is 4.65. The Balaban J connectivity index is 2.60. The van der Waals surface area contributed by atoms with Crippen LogP contribution in [-0.2, 0) is 4.74 Å². The molecule has 1 N–H and O–H groups in total. The summed E-state index contributed by atoms with van der Waals surface area (Å²) in [5.41, 5.74) is 0.769. The van der Waals surface area contributed by atoms with E-state index in [-0.39, 0.29) is 0 Å². The summed E-state index contributed by atoms with van der Waals surface area (Å²) in [6.45, 7) is 3.00. The fourth-order valence-corrected chi connectivity index (χ4v) is 2.09. The third kappa shape index (κ3) is 4.51. The van der Waals surface area contributed by atoms with E-state index in [4.69, 9.17) is 16.3 Å². The zero-order valence-electron chi connectivity index (χ0n) is 8.54. The molecular formula is C11H14BrClO2. The lowest BCUT2D eigenvalue weighted by molar-refractivity contribution is 0.0363. The predicted molar refractivity (Wildman–Crippen MR) is 65.2 cm³/mol. The van der Waals surface area contributed by atoms with Crippen molar-refractivity contribution in [2.24, 2.45) is 0 Å². The molecule has 0 aliphatic heterocycles. The molecule has 1 aromatic carbocycles. The number of aliphatic hydroxyl groups is 1. The Kier molecular flexibility index (Phi) is 5.61. The van der Waals surface area contributed by atoms with E-state index in [1.807, 2.05) is 13.0 Å². The van der Waals surface area contributed by atoms with Gasteiger partial charge in [-0.1, -0.05) is 34.5 Å². The molecule has 2 nitrogen and oxygen atoms in total. The first-order chi connectivity index (χ1) is 7.13. The molecule has 0 aliphatic rings. The Morgan fingerprint density at radius 3 is 2.80 bits per heavy atom. The SMILES string of the molecule is CCCOCC(O)c1cc(Cl)cc(Br)c1. The number of ether oxygens (including phenoxy) is 1. The Morgan fingerprint density at radius 1 is 1.47 bits per heavy atom. The fourth-order valence-electron chi connectivity index (χ4n) is 1.20. The highest BCUT2D eigenvalue weighted by Gasteiger charge is 2.09. The van der Waals surface area contributed by atoms with E-state index >= 15 is 0 Å². The highest BCUT2D eigenvalue weighted by Crippen LogP contribution is 2.24. The molecule has 1 unspecified atom stereocenters. The van der Waals surface area contributed by atoms with E-state index in [9.17, 15) is 5.11 Å². The predicted octanol–water partition coefficient (Wildman–Crippen LogP) is 3.56. The maximum absolute atomic E-state index is 9.79. The van der Waals surface area contributed by atoms with Gasteiger partial charge in [0.15, 0.2) is 0 Å². The van der Waals surface area contributed by atoms with Crippen molar-refractivity contribution < 1.29 is 9.84 Å². The Morgan fingerprint density at radius 2 is 2.20 bits per heavy atom. The monoisotopic (exact) mass is 292 g/mol. The lowest BCUT2D eigenvalue weighted by atomic mass is 10.1. The second kappa shape index (κ2) is 6.48. The van der Waals surface area contributed by atoms with Crippen LogP contribution in [0.3, 0.4) is 0 Å². The second-order valence-electron chi connectivity index (χ2n) is 3.29. The van der Waals surface area contributed by atoms with E-state index in [0.29, 0.717) is 18.2 Å². The van der Waals surface area contributed by atoms with Crippen molar-refractivity contribution in [2.75, 3.05) is 13.2 Å². The van der Waals surface area contributed by atoms with Crippen LogP contribution in [0.2, 0.25) is 5.02 Å². The zero-order chi connectivity index (χ0) is 11.3. The molecule has 4 heteroatoms. The lowest BCUT2D eigenvalue weighted by Crippen LogP contribution is -2.07. The average molecular weight is 294 g/mol. The number of benzene rings is 1. The van der Waals surface area contributed by atoms with Crippen molar-refractivity contribution in [2.45, 2.75) is 19.4 Å². The molecule has 0 fully saturated rings. The molecule has 0 aliphatic carbocycles. The number of hydrogen-bond donors (Lipinski definition) is 1. The smallest absolute Gasteiger partial charge is 0.102 e. The van der Waals surface area contributed by atoms with Crippen LogP contribution in [0.1, 0.15) is 25.0 Å². The molecule has 15 heavy (non-hydrogen) atoms. The van der Waals surface area contributed by atoms with Crippen molar-refractivity contribution in [1.29, 1.82) is 0 Å². The molecule has 1 aromatic rings. The molecule has 0 heterocycles. The molecule has 0 radical (unpaired) electrons. The molecule has 0 saturated carbocycles. The van der Waals surface area contributed by atoms with E-state index in [1.54, 1.807) is 12.1 Å². The summed E-state index contributed by atoms with van der Waals surface area (Å²) < 4.78 is 6.13. The van der Waals surface area contributed by atoms with Gasteiger partial charge in [0, 0.05) is 16.1 Å². The minimum atomic E-state index is -0.619. The standard InChI is InChI=1S/C11H14BrClO2/c1-2-3-15-7-11(14)8-4-9(12)6-10(13)5-8/h4-6,11,14H,2-3,7H2,1H3. The van der Waals surface area contributed by atoms with E-state index in [2.05, 4.69) is 15.9 Å². The third-order valence-corrected chi connectivity index (χ3v) is 2.57. The summed E-state index contributed by atoms with van der Waals surface area (Å²) in [5, 5.41) is 10.4. The van der Waals surface area contributed by atoms with Crippen LogP contribution >= 0.6 is 27.5 Å². The van der Waals surface area contributed by atoms with Gasteiger partial charge in [-0.05, 0) is 30.2 Å². The van der Waals surface area contributed by atoms with Gasteiger partial charge in [-0.25, -0.2) is 0 Å². The largest absolute Gasteiger partial charge is 0.386 e. The summed E-state index contributed by atoms with van der Waals surface area (Å²) >= 11 is 9.20. The summed E-state index contributed by atoms with van der Waals surface area (Å²) in [6, 6.07) is 5.36. The van der Waals surface area contributed by atoms with Gasteiger partial charge in [0.2, 0.25) is 0 Å². The van der Waals surface area contributed by atoms with Crippen LogP contribution in [0.5, 0.6) is 0 Å². The van der Waals surface area contributed by atoms with E-state index < -0.39 is 6.10 Å². The topological polar surface area (TPSA) is 29.5 Å². The van der Waals surface area contributed by atoms with E-state index in [0.717, 1.165) is 16.5 Å². The molecule has 0 aromatic heterocycles. The first-order valence-electron chi connectivity index (χ1n) is 4.85. The van der Waals surface area contributed by atoms with Crippen LogP contribution in [0.25, 0.3) is 0 Å². The zero-order valence-corrected chi connectivity index (χ0v) is 10.9. The van der Waals surface area contributed by atoms with Crippen LogP contribution in [0.15, 0.2) is 22.7 Å². The van der Waals surface area contributed by atoms with Crippen LogP contribution < -0.4 is 0 Å². The number of aliphatic hydroxyl groups excluding tert-OH is 1. The van der Waals surface area contributed by atoms with Gasteiger partial charge < -0.3 is 9.84 Å². The quantitative estimate of drug-likeness (QED) is 0.841. The van der Waals surface area contributed by atoms with Crippen molar-refractivity contribution in [3.63, 3.8) is 0 Å². The van der Waals surface area contributed by atoms with Gasteiger partial charge in [0.1, 0.15) is 6.10 Å². The molecule has 0 bridgehead atoms. The number of rotatable bonds is 5. The summed E-state index contributed by atoms with van der Waals surface area (Å²) in [4.78, 5) is 0. The highest BCUT2D eigenvalue weighted by atomic mass is 79.9. The molecule has 0 amide bonds. The fraction of sp³-hybridized carbons (Fsp3) is 0.455. The number of hydrogen-bond acceptors (Lipinski definition) is 2. The van der Waals surface area contributed by atoms with Gasteiger partial charge >= 0.3 is 0 Å². The first-order valence-corrected chi connectivity index (χ1v) is 6.02. The molecule has 84 valence electrons. The van der Waals surface area contributed by atoms with Crippen molar-refractivity contribution in [3.8, 4) is 0 Å². The van der Waals surface area contributed by atoms with Gasteiger partial charge in [-0.2, -0.15) is 0 Å². The molecule has 1 atom stereocenters. The summed E-state index contributed by atoms with van der Waals surface area (Å²) in [6.07, 6.45) is 0.331. The van der Waals surface area contributed by atoms with Gasteiger partial charge in [0.05, 0.1) is 6.61 Å². The molecule has 0 spiro atoms. The van der Waals surface area contributed by atoms with Crippen molar-refractivity contribution >= 4 is 27.5 Å². The van der Waals surface area contributed by atoms with Crippen LogP contribution in [0.4, 0.5) is 0 Å². The highest BCUT2D eigenvalue weighted by molar-refractivity contribution is 9.10. The maximum atomic E-state index is 9.79. The Bertz CT molecular complexity index is 297. The third-order valence-electron chi connectivity index (χ3n) is 1.89. The lowest BCUT2D eigenvalue weighted by Gasteiger charge is -2.12. The van der Waals surface area contributed by atoms with Gasteiger partial charge in [0.25, 0.3) is 0 Å². The normalized spacial score (nSPS) is 12.8. The van der Waals surface area contributed by atoms with Crippen LogP contribution in [0, 0.1) is 0 Å². The first kappa shape index (κ1) is 13.0. The van der Waals surface area contributed by atoms with Gasteiger partial charge in [-0.3, -0.25) is 0 Å².